The molecule has 1 aliphatic rings. The Morgan fingerprint density at radius 3 is 2.56 bits per heavy atom. The fourth-order valence-corrected chi connectivity index (χ4v) is 3.09. The monoisotopic (exact) mass is 333 g/mol. The maximum Gasteiger partial charge on any atom is 0.244 e. The Balaban J connectivity index is 1.60. The molecule has 4 rings (SSSR count). The summed E-state index contributed by atoms with van der Waals surface area (Å²) in [6.07, 6.45) is 3.39. The van der Waals surface area contributed by atoms with Gasteiger partial charge in [0, 0.05) is 18.0 Å². The van der Waals surface area contributed by atoms with Crippen LogP contribution in [0.15, 0.2) is 65.6 Å². The van der Waals surface area contributed by atoms with Gasteiger partial charge in [-0.15, -0.1) is 0 Å². The van der Waals surface area contributed by atoms with Crippen LogP contribution in [-0.4, -0.2) is 26.6 Å². The molecule has 0 N–H and O–H groups in total. The Morgan fingerprint density at radius 1 is 1.08 bits per heavy atom. The SMILES string of the molecule is O=C(Cn1ncc(=O)c2ccccc21)N(Cc1ccccc1)C1CC1. The number of hydrogen-bond acceptors (Lipinski definition) is 3. The van der Waals surface area contributed by atoms with Crippen molar-refractivity contribution in [3.63, 3.8) is 0 Å². The average Bonchev–Trinajstić information content (AvgIpc) is 3.48. The molecule has 0 spiro atoms. The van der Waals surface area contributed by atoms with Gasteiger partial charge in [-0.3, -0.25) is 14.3 Å². The van der Waals surface area contributed by atoms with Gasteiger partial charge in [0.2, 0.25) is 11.3 Å². The zero-order valence-corrected chi connectivity index (χ0v) is 13.8. The third kappa shape index (κ3) is 3.31. The average molecular weight is 333 g/mol. The van der Waals surface area contributed by atoms with Gasteiger partial charge in [0.15, 0.2) is 0 Å². The number of rotatable bonds is 5. The van der Waals surface area contributed by atoms with Crippen LogP contribution in [0.3, 0.4) is 0 Å². The van der Waals surface area contributed by atoms with Crippen LogP contribution in [0.1, 0.15) is 18.4 Å². The lowest BCUT2D eigenvalue weighted by molar-refractivity contribution is -0.133. The molecule has 5 heteroatoms. The lowest BCUT2D eigenvalue weighted by atomic mass is 10.2. The van der Waals surface area contributed by atoms with E-state index in [0.29, 0.717) is 23.5 Å². The third-order valence-corrected chi connectivity index (χ3v) is 4.55. The first-order valence-corrected chi connectivity index (χ1v) is 8.50. The number of carbonyl (C=O) groups excluding carboxylic acids is 1. The predicted molar refractivity (Wildman–Crippen MR) is 96.0 cm³/mol. The number of hydrogen-bond donors (Lipinski definition) is 0. The van der Waals surface area contributed by atoms with E-state index < -0.39 is 0 Å². The molecule has 3 aromatic rings. The Morgan fingerprint density at radius 2 is 1.80 bits per heavy atom. The quantitative estimate of drug-likeness (QED) is 0.721. The van der Waals surface area contributed by atoms with Crippen molar-refractivity contribution in [3.05, 3.63) is 76.6 Å². The van der Waals surface area contributed by atoms with E-state index in [1.807, 2.05) is 53.4 Å². The molecule has 0 bridgehead atoms. The molecule has 1 heterocycles. The molecular formula is C20H19N3O2. The second-order valence-electron chi connectivity index (χ2n) is 6.42. The van der Waals surface area contributed by atoms with Crippen LogP contribution in [0.4, 0.5) is 0 Å². The van der Waals surface area contributed by atoms with Crippen LogP contribution in [0.25, 0.3) is 10.9 Å². The van der Waals surface area contributed by atoms with E-state index in [0.717, 1.165) is 18.4 Å². The molecule has 0 radical (unpaired) electrons. The van der Waals surface area contributed by atoms with E-state index >= 15 is 0 Å². The largest absolute Gasteiger partial charge is 0.334 e. The smallest absolute Gasteiger partial charge is 0.244 e. The van der Waals surface area contributed by atoms with E-state index in [2.05, 4.69) is 5.10 Å². The van der Waals surface area contributed by atoms with E-state index in [1.165, 1.54) is 6.20 Å². The van der Waals surface area contributed by atoms with Gasteiger partial charge in [-0.1, -0.05) is 42.5 Å². The molecule has 126 valence electrons. The Bertz CT molecular complexity index is 961. The second-order valence-corrected chi connectivity index (χ2v) is 6.42. The van der Waals surface area contributed by atoms with E-state index in [1.54, 1.807) is 10.7 Å². The van der Waals surface area contributed by atoms with Crippen LogP contribution >= 0.6 is 0 Å². The molecule has 1 aromatic heterocycles. The van der Waals surface area contributed by atoms with Gasteiger partial charge in [0.25, 0.3) is 0 Å². The lowest BCUT2D eigenvalue weighted by Crippen LogP contribution is -2.36. The van der Waals surface area contributed by atoms with Crippen molar-refractivity contribution >= 4 is 16.8 Å². The summed E-state index contributed by atoms with van der Waals surface area (Å²) in [4.78, 5) is 26.8. The molecule has 5 nitrogen and oxygen atoms in total. The zero-order valence-electron chi connectivity index (χ0n) is 13.8. The van der Waals surface area contributed by atoms with E-state index in [-0.39, 0.29) is 17.9 Å². The highest BCUT2D eigenvalue weighted by molar-refractivity contribution is 5.81. The normalized spacial score (nSPS) is 13.8. The summed E-state index contributed by atoms with van der Waals surface area (Å²) in [6.45, 7) is 0.757. The van der Waals surface area contributed by atoms with Crippen LogP contribution in [0, 0.1) is 0 Å². The Labute approximate surface area is 145 Å². The maximum atomic E-state index is 12.9. The lowest BCUT2D eigenvalue weighted by Gasteiger charge is -2.23. The van der Waals surface area contributed by atoms with Crippen LogP contribution < -0.4 is 5.43 Å². The summed E-state index contributed by atoms with van der Waals surface area (Å²) >= 11 is 0. The Hall–Kier alpha value is -2.95. The number of nitrogens with zero attached hydrogens (tertiary/aromatic N) is 3. The highest BCUT2D eigenvalue weighted by Crippen LogP contribution is 2.28. The first-order valence-electron chi connectivity index (χ1n) is 8.50. The first-order chi connectivity index (χ1) is 12.2. The maximum absolute atomic E-state index is 12.9. The number of fused-ring (bicyclic) bond motifs is 1. The summed E-state index contributed by atoms with van der Waals surface area (Å²) in [6, 6.07) is 17.6. The standard InChI is InChI=1S/C20H19N3O2/c24-19-12-21-23(18-9-5-4-8-17(18)19)14-20(25)22(16-10-11-16)13-15-6-2-1-3-7-15/h1-9,12,16H,10-11,13-14H2. The Kier molecular flexibility index (Phi) is 4.06. The van der Waals surface area contributed by atoms with Crippen LogP contribution in [0.5, 0.6) is 0 Å². The molecule has 1 fully saturated rings. The zero-order chi connectivity index (χ0) is 17.2. The van der Waals surface area contributed by atoms with Gasteiger partial charge in [-0.05, 0) is 30.5 Å². The molecule has 0 saturated heterocycles. The van der Waals surface area contributed by atoms with Gasteiger partial charge < -0.3 is 4.90 Å². The van der Waals surface area contributed by atoms with Crippen LogP contribution in [0.2, 0.25) is 0 Å². The van der Waals surface area contributed by atoms with E-state index in [4.69, 9.17) is 0 Å². The number of aromatic nitrogens is 2. The van der Waals surface area contributed by atoms with Gasteiger partial charge in [-0.25, -0.2) is 0 Å². The van der Waals surface area contributed by atoms with Crippen molar-refractivity contribution in [1.82, 2.24) is 14.7 Å². The fraction of sp³-hybridized carbons (Fsp3) is 0.250. The number of amides is 1. The van der Waals surface area contributed by atoms with Gasteiger partial charge in [-0.2, -0.15) is 5.10 Å². The van der Waals surface area contributed by atoms with Crippen molar-refractivity contribution in [1.29, 1.82) is 0 Å². The first kappa shape index (κ1) is 15.6. The molecule has 1 saturated carbocycles. The molecular weight excluding hydrogens is 314 g/mol. The molecule has 1 aliphatic carbocycles. The number of benzene rings is 2. The number of carbonyl (C=O) groups is 1. The summed E-state index contributed by atoms with van der Waals surface area (Å²) in [5.41, 5.74) is 1.70. The van der Waals surface area contributed by atoms with Gasteiger partial charge >= 0.3 is 0 Å². The fourth-order valence-electron chi connectivity index (χ4n) is 3.09. The van der Waals surface area contributed by atoms with Gasteiger partial charge in [0.05, 0.1) is 11.7 Å². The van der Waals surface area contributed by atoms with Crippen molar-refractivity contribution in [2.75, 3.05) is 0 Å². The number of para-hydroxylation sites is 1. The topological polar surface area (TPSA) is 55.2 Å². The minimum atomic E-state index is -0.123. The minimum absolute atomic E-state index is 0.0349. The summed E-state index contributed by atoms with van der Waals surface area (Å²) < 4.78 is 1.62. The molecule has 2 aromatic carbocycles. The summed E-state index contributed by atoms with van der Waals surface area (Å²) in [7, 11) is 0. The van der Waals surface area contributed by atoms with Gasteiger partial charge in [0.1, 0.15) is 6.54 Å². The summed E-state index contributed by atoms with van der Waals surface area (Å²) in [5, 5.41) is 4.76. The highest BCUT2D eigenvalue weighted by atomic mass is 16.2. The molecule has 0 unspecified atom stereocenters. The van der Waals surface area contributed by atoms with Crippen molar-refractivity contribution < 1.29 is 4.79 Å². The van der Waals surface area contributed by atoms with Crippen molar-refractivity contribution in [2.45, 2.75) is 32.0 Å². The molecule has 0 aliphatic heterocycles. The second kappa shape index (κ2) is 6.51. The molecule has 0 atom stereocenters. The van der Waals surface area contributed by atoms with Crippen LogP contribution in [-0.2, 0) is 17.9 Å². The van der Waals surface area contributed by atoms with Crippen molar-refractivity contribution in [3.8, 4) is 0 Å². The van der Waals surface area contributed by atoms with E-state index in [9.17, 15) is 9.59 Å². The minimum Gasteiger partial charge on any atom is -0.334 e. The highest BCUT2D eigenvalue weighted by Gasteiger charge is 2.32. The summed E-state index contributed by atoms with van der Waals surface area (Å²) in [5.74, 6) is 0.0349. The third-order valence-electron chi connectivity index (χ3n) is 4.55. The predicted octanol–water partition coefficient (Wildman–Crippen LogP) is 2.59. The van der Waals surface area contributed by atoms with Crippen molar-refractivity contribution in [2.24, 2.45) is 0 Å². The molecule has 25 heavy (non-hydrogen) atoms. The molecule has 1 amide bonds.